The van der Waals surface area contributed by atoms with Crippen LogP contribution >= 0.6 is 0 Å². The van der Waals surface area contributed by atoms with Gasteiger partial charge in [0.05, 0.1) is 12.5 Å². The Morgan fingerprint density at radius 1 is 1.46 bits per heavy atom. The highest BCUT2D eigenvalue weighted by atomic mass is 15.0. The van der Waals surface area contributed by atoms with Crippen molar-refractivity contribution in [2.45, 2.75) is 40.8 Å². The number of rotatable bonds is 4. The Labute approximate surface area is 81.6 Å². The molecule has 13 heavy (non-hydrogen) atoms. The van der Waals surface area contributed by atoms with E-state index in [4.69, 9.17) is 11.1 Å². The van der Waals surface area contributed by atoms with Gasteiger partial charge in [-0.25, -0.2) is 0 Å². The molecule has 0 heterocycles. The predicted octanol–water partition coefficient (Wildman–Crippen LogP) is 0.556. The third kappa shape index (κ3) is 3.87. The fourth-order valence-corrected chi connectivity index (χ4v) is 1.35. The van der Waals surface area contributed by atoms with Gasteiger partial charge >= 0.3 is 0 Å². The first-order valence-corrected chi connectivity index (χ1v) is 4.98. The zero-order chi connectivity index (χ0) is 10.6. The first-order chi connectivity index (χ1) is 5.80. The lowest BCUT2D eigenvalue weighted by Gasteiger charge is -2.27. The maximum Gasteiger partial charge on any atom is 0.145 e. The molecule has 0 aromatic heterocycles. The van der Waals surface area contributed by atoms with Gasteiger partial charge in [-0.3, -0.25) is 5.73 Å². The van der Waals surface area contributed by atoms with Crippen LogP contribution in [0, 0.1) is 16.7 Å². The van der Waals surface area contributed by atoms with Crippen LogP contribution in [0.15, 0.2) is 0 Å². The van der Waals surface area contributed by atoms with Crippen molar-refractivity contribution in [1.82, 2.24) is 0 Å². The normalized spacial score (nSPS) is 16.8. The zero-order valence-electron chi connectivity index (χ0n) is 9.52. The molecule has 0 radical (unpaired) electrons. The standard InChI is InChI=1S/C10H23N3/c1-6-13-9(12)7(2)8(11)10(3,4)5/h7,9,11,13H,6,12H2,1-5H3/p+1. The number of nitrogens with one attached hydrogen (secondary N) is 1. The van der Waals surface area contributed by atoms with Gasteiger partial charge in [0, 0.05) is 11.1 Å². The first kappa shape index (κ1) is 12.6. The van der Waals surface area contributed by atoms with Gasteiger partial charge in [-0.2, -0.15) is 0 Å². The highest BCUT2D eigenvalue weighted by Gasteiger charge is 2.28. The Balaban J connectivity index is 4.26. The summed E-state index contributed by atoms with van der Waals surface area (Å²) < 4.78 is 0. The second kappa shape index (κ2) is 4.72. The number of nitrogens with two attached hydrogens (primary N) is 2. The van der Waals surface area contributed by atoms with Crippen molar-refractivity contribution >= 4 is 5.71 Å². The van der Waals surface area contributed by atoms with Gasteiger partial charge in [-0.05, 0) is 6.92 Å². The molecule has 0 rings (SSSR count). The van der Waals surface area contributed by atoms with Crippen molar-refractivity contribution in [3.63, 3.8) is 0 Å². The Bertz CT molecular complexity index is 169. The van der Waals surface area contributed by atoms with Crippen molar-refractivity contribution in [1.29, 1.82) is 5.41 Å². The fraction of sp³-hybridized carbons (Fsp3) is 0.900. The number of quaternary nitrogens is 1. The molecule has 0 amide bonds. The van der Waals surface area contributed by atoms with Gasteiger partial charge in [-0.1, -0.05) is 27.7 Å². The molecule has 0 spiro atoms. The molecule has 3 heteroatoms. The number of hydrogen-bond acceptors (Lipinski definition) is 2. The smallest absolute Gasteiger partial charge is 0.145 e. The van der Waals surface area contributed by atoms with Crippen LogP contribution < -0.4 is 11.1 Å². The molecule has 0 aliphatic rings. The second-order valence-corrected chi connectivity index (χ2v) is 4.67. The summed E-state index contributed by atoms with van der Waals surface area (Å²) in [5.41, 5.74) is 6.61. The van der Waals surface area contributed by atoms with Crippen molar-refractivity contribution < 1.29 is 5.32 Å². The third-order valence-electron chi connectivity index (χ3n) is 2.35. The molecule has 2 atom stereocenters. The van der Waals surface area contributed by atoms with E-state index in [9.17, 15) is 0 Å². The molecule has 0 aromatic rings. The Morgan fingerprint density at radius 3 is 2.23 bits per heavy atom. The summed E-state index contributed by atoms with van der Waals surface area (Å²) in [6, 6.07) is 0. The molecule has 5 N–H and O–H groups in total. The van der Waals surface area contributed by atoms with Crippen LogP contribution in [0.1, 0.15) is 34.6 Å². The molecule has 0 aromatic carbocycles. The maximum absolute atomic E-state index is 7.96. The van der Waals surface area contributed by atoms with Gasteiger partial charge in [0.2, 0.25) is 0 Å². The Hall–Kier alpha value is -0.410. The summed E-state index contributed by atoms with van der Waals surface area (Å²) >= 11 is 0. The molecule has 3 nitrogen and oxygen atoms in total. The van der Waals surface area contributed by atoms with Crippen LogP contribution in [0.5, 0.6) is 0 Å². The second-order valence-electron chi connectivity index (χ2n) is 4.67. The SMILES string of the molecule is CC[NH2+]C(N)C(C)C(=N)C(C)(C)C. The van der Waals surface area contributed by atoms with E-state index >= 15 is 0 Å². The average Bonchev–Trinajstić information content (AvgIpc) is 2.00. The molecular weight excluding hydrogens is 162 g/mol. The van der Waals surface area contributed by atoms with Crippen LogP contribution in [0.2, 0.25) is 0 Å². The largest absolute Gasteiger partial charge is 0.331 e. The molecule has 0 aliphatic heterocycles. The predicted molar refractivity (Wildman–Crippen MR) is 56.8 cm³/mol. The van der Waals surface area contributed by atoms with E-state index in [0.29, 0.717) is 0 Å². The third-order valence-corrected chi connectivity index (χ3v) is 2.35. The van der Waals surface area contributed by atoms with E-state index in [1.807, 2.05) is 6.92 Å². The molecule has 78 valence electrons. The van der Waals surface area contributed by atoms with E-state index in [-0.39, 0.29) is 17.5 Å². The Morgan fingerprint density at radius 2 is 1.92 bits per heavy atom. The van der Waals surface area contributed by atoms with Crippen LogP contribution in [-0.2, 0) is 0 Å². The summed E-state index contributed by atoms with van der Waals surface area (Å²) in [6.07, 6.45) is 0.0247. The van der Waals surface area contributed by atoms with Gasteiger partial charge in [0.25, 0.3) is 0 Å². The van der Waals surface area contributed by atoms with Crippen LogP contribution in [0.3, 0.4) is 0 Å². The summed E-state index contributed by atoms with van der Waals surface area (Å²) in [4.78, 5) is 0. The van der Waals surface area contributed by atoms with Gasteiger partial charge in [0.1, 0.15) is 6.17 Å². The monoisotopic (exact) mass is 186 g/mol. The van der Waals surface area contributed by atoms with Crippen molar-refractivity contribution in [2.75, 3.05) is 6.54 Å². The molecule has 0 bridgehead atoms. The quantitative estimate of drug-likeness (QED) is 0.436. The molecule has 0 aliphatic carbocycles. The minimum absolute atomic E-state index is 0.0247. The summed E-state index contributed by atoms with van der Waals surface area (Å²) in [6.45, 7) is 11.3. The first-order valence-electron chi connectivity index (χ1n) is 4.98. The lowest BCUT2D eigenvalue weighted by Crippen LogP contribution is -2.94. The lowest BCUT2D eigenvalue weighted by atomic mass is 9.82. The fourth-order valence-electron chi connectivity index (χ4n) is 1.35. The topological polar surface area (TPSA) is 66.5 Å². The summed E-state index contributed by atoms with van der Waals surface area (Å²) in [5.74, 6) is 0.153. The van der Waals surface area contributed by atoms with Gasteiger partial charge in [-0.15, -0.1) is 0 Å². The highest BCUT2D eigenvalue weighted by molar-refractivity contribution is 5.88. The zero-order valence-corrected chi connectivity index (χ0v) is 9.52. The molecule has 2 unspecified atom stereocenters. The lowest BCUT2D eigenvalue weighted by molar-refractivity contribution is -0.689. The average molecular weight is 186 g/mol. The summed E-state index contributed by atoms with van der Waals surface area (Å²) in [7, 11) is 0. The van der Waals surface area contributed by atoms with E-state index in [0.717, 1.165) is 12.3 Å². The van der Waals surface area contributed by atoms with Crippen molar-refractivity contribution in [3.05, 3.63) is 0 Å². The molecule has 0 saturated carbocycles. The van der Waals surface area contributed by atoms with Crippen molar-refractivity contribution in [3.8, 4) is 0 Å². The van der Waals surface area contributed by atoms with Gasteiger partial charge in [0.15, 0.2) is 0 Å². The van der Waals surface area contributed by atoms with Crippen LogP contribution in [-0.4, -0.2) is 18.4 Å². The minimum atomic E-state index is -0.0569. The Kier molecular flexibility index (Phi) is 4.57. The van der Waals surface area contributed by atoms with Gasteiger partial charge < -0.3 is 10.7 Å². The van der Waals surface area contributed by atoms with E-state index in [1.165, 1.54) is 0 Å². The van der Waals surface area contributed by atoms with Crippen molar-refractivity contribution in [2.24, 2.45) is 17.1 Å². The highest BCUT2D eigenvalue weighted by Crippen LogP contribution is 2.20. The van der Waals surface area contributed by atoms with Crippen LogP contribution in [0.4, 0.5) is 0 Å². The molecule has 0 saturated heterocycles. The molecular formula is C10H24N3+. The minimum Gasteiger partial charge on any atom is -0.331 e. The van der Waals surface area contributed by atoms with E-state index in [2.05, 4.69) is 33.0 Å². The number of hydrogen-bond donors (Lipinski definition) is 3. The molecule has 0 fully saturated rings. The van der Waals surface area contributed by atoms with E-state index in [1.54, 1.807) is 0 Å². The van der Waals surface area contributed by atoms with E-state index < -0.39 is 0 Å². The maximum atomic E-state index is 7.96. The summed E-state index contributed by atoms with van der Waals surface area (Å²) in [5, 5.41) is 10.0. The van der Waals surface area contributed by atoms with Crippen LogP contribution in [0.25, 0.3) is 0 Å².